The maximum absolute atomic E-state index is 5.55. The Hall–Kier alpha value is -1.06. The van der Waals surface area contributed by atoms with Crippen LogP contribution >= 0.6 is 0 Å². The first-order chi connectivity index (χ1) is 8.58. The summed E-state index contributed by atoms with van der Waals surface area (Å²) in [5.41, 5.74) is 8.20. The summed E-state index contributed by atoms with van der Waals surface area (Å²) < 4.78 is 5.43. The third kappa shape index (κ3) is 4.31. The van der Waals surface area contributed by atoms with Crippen LogP contribution in [0.4, 0.5) is 0 Å². The Morgan fingerprint density at radius 1 is 1.28 bits per heavy atom. The van der Waals surface area contributed by atoms with Crippen LogP contribution in [0.5, 0.6) is 5.75 Å². The van der Waals surface area contributed by atoms with Gasteiger partial charge in [0.2, 0.25) is 0 Å². The lowest BCUT2D eigenvalue weighted by Crippen LogP contribution is -2.27. The quantitative estimate of drug-likeness (QED) is 0.806. The Balaban J connectivity index is 2.75. The van der Waals surface area contributed by atoms with Gasteiger partial charge in [0.1, 0.15) is 5.75 Å². The van der Waals surface area contributed by atoms with Crippen LogP contribution in [0.2, 0.25) is 0 Å². The summed E-state index contributed by atoms with van der Waals surface area (Å²) in [6.07, 6.45) is 1.00. The van der Waals surface area contributed by atoms with Crippen LogP contribution in [0.3, 0.4) is 0 Å². The minimum absolute atomic E-state index is 0.552. The van der Waals surface area contributed by atoms with E-state index in [0.717, 1.165) is 25.3 Å². The fourth-order valence-corrected chi connectivity index (χ4v) is 2.00. The second kappa shape index (κ2) is 7.39. The van der Waals surface area contributed by atoms with Crippen LogP contribution in [0.25, 0.3) is 0 Å². The highest BCUT2D eigenvalue weighted by Crippen LogP contribution is 2.24. The van der Waals surface area contributed by atoms with Crippen LogP contribution in [0, 0.1) is 0 Å². The number of ether oxygens (including phenoxy) is 1. The Kier molecular flexibility index (Phi) is 6.16. The summed E-state index contributed by atoms with van der Waals surface area (Å²) in [5, 5.41) is 0. The first kappa shape index (κ1) is 15.0. The standard InChI is InChI=1S/C15H26N2O/c1-12(2)13-5-6-15(18-4)14(11-13)7-9-17(3)10-8-16/h5-6,11-12H,7-10,16H2,1-4H3. The van der Waals surface area contributed by atoms with Gasteiger partial charge in [0, 0.05) is 19.6 Å². The number of nitrogens with zero attached hydrogens (tertiary/aromatic N) is 1. The molecule has 0 aliphatic carbocycles. The first-order valence-electron chi connectivity index (χ1n) is 6.64. The summed E-state index contributed by atoms with van der Waals surface area (Å²) in [6.45, 7) is 7.08. The van der Waals surface area contributed by atoms with Crippen molar-refractivity contribution in [2.24, 2.45) is 5.73 Å². The van der Waals surface area contributed by atoms with Crippen LogP contribution in [0.15, 0.2) is 18.2 Å². The maximum atomic E-state index is 5.55. The molecule has 0 radical (unpaired) electrons. The van der Waals surface area contributed by atoms with Gasteiger partial charge in [-0.05, 0) is 36.6 Å². The van der Waals surface area contributed by atoms with Crippen molar-refractivity contribution in [3.05, 3.63) is 29.3 Å². The number of hydrogen-bond donors (Lipinski definition) is 1. The first-order valence-corrected chi connectivity index (χ1v) is 6.64. The van der Waals surface area contributed by atoms with Gasteiger partial charge in [-0.25, -0.2) is 0 Å². The SMILES string of the molecule is COc1ccc(C(C)C)cc1CCN(C)CCN. The molecule has 3 nitrogen and oxygen atoms in total. The molecule has 1 aromatic carbocycles. The second-order valence-electron chi connectivity index (χ2n) is 5.07. The van der Waals surface area contributed by atoms with Crippen molar-refractivity contribution in [3.8, 4) is 5.75 Å². The summed E-state index contributed by atoms with van der Waals surface area (Å²) in [6, 6.07) is 6.49. The molecular weight excluding hydrogens is 224 g/mol. The number of likely N-dealkylation sites (N-methyl/N-ethyl adjacent to an activating group) is 1. The molecule has 0 aromatic heterocycles. The number of nitrogens with two attached hydrogens (primary N) is 1. The molecule has 0 spiro atoms. The molecule has 0 fully saturated rings. The third-order valence-electron chi connectivity index (χ3n) is 3.24. The largest absolute Gasteiger partial charge is 0.496 e. The van der Waals surface area contributed by atoms with Crippen LogP contribution in [0.1, 0.15) is 30.9 Å². The van der Waals surface area contributed by atoms with Gasteiger partial charge in [0.05, 0.1) is 7.11 Å². The highest BCUT2D eigenvalue weighted by atomic mass is 16.5. The zero-order valence-electron chi connectivity index (χ0n) is 12.1. The van der Waals surface area contributed by atoms with Crippen molar-refractivity contribution in [2.75, 3.05) is 33.8 Å². The van der Waals surface area contributed by atoms with Crippen molar-refractivity contribution in [3.63, 3.8) is 0 Å². The molecule has 2 N–H and O–H groups in total. The molecule has 1 aromatic rings. The summed E-state index contributed by atoms with van der Waals surface area (Å²) >= 11 is 0. The van der Waals surface area contributed by atoms with Crippen LogP contribution in [-0.4, -0.2) is 38.7 Å². The molecule has 102 valence electrons. The van der Waals surface area contributed by atoms with Crippen molar-refractivity contribution in [1.82, 2.24) is 4.90 Å². The van der Waals surface area contributed by atoms with Crippen molar-refractivity contribution in [1.29, 1.82) is 0 Å². The minimum atomic E-state index is 0.552. The topological polar surface area (TPSA) is 38.5 Å². The molecule has 0 aliphatic heterocycles. The molecule has 18 heavy (non-hydrogen) atoms. The molecule has 0 unspecified atom stereocenters. The average Bonchev–Trinajstić information content (AvgIpc) is 2.36. The predicted octanol–water partition coefficient (Wildman–Crippen LogP) is 2.25. The molecular formula is C15H26N2O. The summed E-state index contributed by atoms with van der Waals surface area (Å²) in [5.74, 6) is 1.54. The normalized spacial score (nSPS) is 11.3. The van der Waals surface area contributed by atoms with E-state index < -0.39 is 0 Å². The summed E-state index contributed by atoms with van der Waals surface area (Å²) in [7, 11) is 3.84. The Bertz CT molecular complexity index is 364. The van der Waals surface area contributed by atoms with Gasteiger partial charge in [-0.2, -0.15) is 0 Å². The fraction of sp³-hybridized carbons (Fsp3) is 0.600. The van der Waals surface area contributed by atoms with E-state index in [0.29, 0.717) is 12.5 Å². The van der Waals surface area contributed by atoms with Gasteiger partial charge >= 0.3 is 0 Å². The van der Waals surface area contributed by atoms with Crippen molar-refractivity contribution in [2.45, 2.75) is 26.2 Å². The van der Waals surface area contributed by atoms with E-state index >= 15 is 0 Å². The molecule has 0 saturated carbocycles. The van der Waals surface area contributed by atoms with E-state index in [2.05, 4.69) is 44.0 Å². The second-order valence-corrected chi connectivity index (χ2v) is 5.07. The van der Waals surface area contributed by atoms with Crippen molar-refractivity contribution < 1.29 is 4.74 Å². The lowest BCUT2D eigenvalue weighted by molar-refractivity contribution is 0.343. The van der Waals surface area contributed by atoms with Gasteiger partial charge in [0.15, 0.2) is 0 Å². The number of hydrogen-bond acceptors (Lipinski definition) is 3. The molecule has 0 bridgehead atoms. The zero-order valence-corrected chi connectivity index (χ0v) is 12.1. The number of methoxy groups -OCH3 is 1. The molecule has 0 amide bonds. The molecule has 0 aliphatic rings. The van der Waals surface area contributed by atoms with Crippen molar-refractivity contribution >= 4 is 0 Å². The lowest BCUT2D eigenvalue weighted by atomic mass is 9.99. The monoisotopic (exact) mass is 250 g/mol. The fourth-order valence-electron chi connectivity index (χ4n) is 2.00. The summed E-state index contributed by atoms with van der Waals surface area (Å²) in [4.78, 5) is 2.25. The smallest absolute Gasteiger partial charge is 0.122 e. The molecule has 3 heteroatoms. The molecule has 0 saturated heterocycles. The van der Waals surface area contributed by atoms with Gasteiger partial charge in [0.25, 0.3) is 0 Å². The van der Waals surface area contributed by atoms with Gasteiger partial charge in [-0.3, -0.25) is 0 Å². The van der Waals surface area contributed by atoms with Gasteiger partial charge in [-0.15, -0.1) is 0 Å². The average molecular weight is 250 g/mol. The highest BCUT2D eigenvalue weighted by molar-refractivity contribution is 5.38. The minimum Gasteiger partial charge on any atom is -0.496 e. The van der Waals surface area contributed by atoms with Gasteiger partial charge < -0.3 is 15.4 Å². The molecule has 0 atom stereocenters. The third-order valence-corrected chi connectivity index (χ3v) is 3.24. The van der Waals surface area contributed by atoms with E-state index in [1.54, 1.807) is 7.11 Å². The molecule has 1 rings (SSSR count). The van der Waals surface area contributed by atoms with E-state index in [4.69, 9.17) is 10.5 Å². The Morgan fingerprint density at radius 2 is 2.00 bits per heavy atom. The van der Waals surface area contributed by atoms with E-state index in [-0.39, 0.29) is 0 Å². The highest BCUT2D eigenvalue weighted by Gasteiger charge is 2.08. The lowest BCUT2D eigenvalue weighted by Gasteiger charge is -2.17. The van der Waals surface area contributed by atoms with E-state index in [1.807, 2.05) is 0 Å². The Labute approximate surface area is 111 Å². The maximum Gasteiger partial charge on any atom is 0.122 e. The number of rotatable bonds is 7. The molecule has 0 heterocycles. The van der Waals surface area contributed by atoms with Crippen LogP contribution in [-0.2, 0) is 6.42 Å². The van der Waals surface area contributed by atoms with Gasteiger partial charge in [-0.1, -0.05) is 26.0 Å². The van der Waals surface area contributed by atoms with E-state index in [1.165, 1.54) is 11.1 Å². The van der Waals surface area contributed by atoms with E-state index in [9.17, 15) is 0 Å². The zero-order chi connectivity index (χ0) is 13.5. The van der Waals surface area contributed by atoms with Crippen LogP contribution < -0.4 is 10.5 Å². The Morgan fingerprint density at radius 3 is 2.56 bits per heavy atom. The predicted molar refractivity (Wildman–Crippen MR) is 77.3 cm³/mol. The number of benzene rings is 1.